The van der Waals surface area contributed by atoms with Gasteiger partial charge in [0.1, 0.15) is 12.2 Å². The number of carbonyl (C=O) groups excluding carboxylic acids is 2. The Morgan fingerprint density at radius 1 is 1.24 bits per heavy atom. The first-order valence-corrected chi connectivity index (χ1v) is 13.3. The third kappa shape index (κ3) is 3.88. The average molecular weight is 497 g/mol. The average Bonchev–Trinajstić information content (AvgIpc) is 3.02. The van der Waals surface area contributed by atoms with Crippen LogP contribution in [0.25, 0.3) is 0 Å². The Hall–Kier alpha value is -1.88. The van der Waals surface area contributed by atoms with Crippen LogP contribution in [0, 0.1) is 28.6 Å². The Labute approximate surface area is 199 Å². The number of allylic oxidation sites excluding steroid dienone is 4. The van der Waals surface area contributed by atoms with Crippen molar-refractivity contribution >= 4 is 27.7 Å². The molecule has 0 bridgehead atoms. The van der Waals surface area contributed by atoms with E-state index in [0.29, 0.717) is 12.8 Å². The Bertz CT molecular complexity index is 1080. The molecule has 0 amide bonds. The van der Waals surface area contributed by atoms with Gasteiger partial charge in [-0.3, -0.25) is 18.6 Å². The van der Waals surface area contributed by atoms with Gasteiger partial charge in [-0.25, -0.2) is 0 Å². The van der Waals surface area contributed by atoms with Gasteiger partial charge >= 0.3 is 5.97 Å². The van der Waals surface area contributed by atoms with Crippen LogP contribution in [0.2, 0.25) is 0 Å². The van der Waals surface area contributed by atoms with Crippen molar-refractivity contribution in [2.75, 3.05) is 12.4 Å². The van der Waals surface area contributed by atoms with Crippen molar-refractivity contribution in [3.63, 3.8) is 0 Å². The fraction of sp³-hybridized carbons (Fsp3) is 0.708. The molecule has 0 aliphatic heterocycles. The number of fused-ring (bicyclic) bond motifs is 5. The van der Waals surface area contributed by atoms with Crippen LogP contribution in [0.1, 0.15) is 52.4 Å². The Balaban J connectivity index is 1.55. The lowest BCUT2D eigenvalue weighted by Crippen LogP contribution is -2.61. The van der Waals surface area contributed by atoms with Gasteiger partial charge in [0, 0.05) is 16.7 Å². The van der Waals surface area contributed by atoms with Gasteiger partial charge in [-0.15, -0.1) is 0 Å². The zero-order valence-electron chi connectivity index (χ0n) is 19.4. The molecule has 3 saturated carbocycles. The number of aliphatic hydroxyl groups is 2. The van der Waals surface area contributed by atoms with E-state index in [4.69, 9.17) is 9.29 Å². The first-order valence-electron chi connectivity index (χ1n) is 11.7. The topological polar surface area (TPSA) is 155 Å². The molecule has 188 valence electrons. The Morgan fingerprint density at radius 2 is 1.94 bits per heavy atom. The predicted octanol–water partition coefficient (Wildman–Crippen LogP) is 1.39. The van der Waals surface area contributed by atoms with Crippen LogP contribution in [0.3, 0.4) is 0 Å². The summed E-state index contributed by atoms with van der Waals surface area (Å²) in [4.78, 5) is 35.7. The van der Waals surface area contributed by atoms with Crippen molar-refractivity contribution in [1.82, 2.24) is 0 Å². The summed E-state index contributed by atoms with van der Waals surface area (Å²) in [5.74, 6) is -3.09. The number of Topliss-reactive ketones (excluding diaryl/α,β-unsaturated/α-hetero) is 1. The number of carboxylic acid groups (broad SMARTS) is 1. The number of aliphatic carboxylic acids is 1. The molecule has 0 saturated heterocycles. The molecule has 3 fully saturated rings. The molecular formula is C24H32O9S. The molecule has 3 N–H and O–H groups in total. The molecule has 0 aromatic heterocycles. The highest BCUT2D eigenvalue weighted by Gasteiger charge is 2.68. The zero-order chi connectivity index (χ0) is 25.1. The minimum absolute atomic E-state index is 0.0239. The Morgan fingerprint density at radius 3 is 2.62 bits per heavy atom. The summed E-state index contributed by atoms with van der Waals surface area (Å²) in [7, 11) is -4.24. The lowest BCUT2D eigenvalue weighted by Gasteiger charge is -2.59. The van der Waals surface area contributed by atoms with Crippen LogP contribution in [-0.4, -0.2) is 65.3 Å². The quantitative estimate of drug-likeness (QED) is 0.443. The largest absolute Gasteiger partial charge is 0.481 e. The summed E-state index contributed by atoms with van der Waals surface area (Å²) in [6, 6.07) is 0. The van der Waals surface area contributed by atoms with E-state index in [-0.39, 0.29) is 36.4 Å². The van der Waals surface area contributed by atoms with E-state index in [9.17, 15) is 33.0 Å². The summed E-state index contributed by atoms with van der Waals surface area (Å²) < 4.78 is 28.7. The summed E-state index contributed by atoms with van der Waals surface area (Å²) in [6.45, 7) is 2.95. The van der Waals surface area contributed by atoms with E-state index < -0.39 is 63.2 Å². The molecule has 0 aromatic rings. The molecule has 0 aromatic carbocycles. The third-order valence-electron chi connectivity index (χ3n) is 9.04. The van der Waals surface area contributed by atoms with Gasteiger partial charge in [-0.2, -0.15) is 8.42 Å². The van der Waals surface area contributed by atoms with Gasteiger partial charge in [0.2, 0.25) is 0 Å². The number of carboxylic acids is 1. The molecule has 4 aliphatic carbocycles. The van der Waals surface area contributed by atoms with E-state index in [0.717, 1.165) is 12.0 Å². The molecule has 34 heavy (non-hydrogen) atoms. The van der Waals surface area contributed by atoms with Gasteiger partial charge in [-0.05, 0) is 56.1 Å². The van der Waals surface area contributed by atoms with Crippen LogP contribution in [0.5, 0.6) is 0 Å². The van der Waals surface area contributed by atoms with E-state index >= 15 is 0 Å². The molecule has 4 unspecified atom stereocenters. The van der Waals surface area contributed by atoms with Gasteiger partial charge in [0.25, 0.3) is 10.1 Å². The molecule has 0 spiro atoms. The lowest BCUT2D eigenvalue weighted by molar-refractivity contribution is -0.178. The van der Waals surface area contributed by atoms with Crippen molar-refractivity contribution < 1.29 is 42.3 Å². The SMILES string of the molecule is C[C@]12C=CC(=O)C=C1CCC1C2C(O)C[C@@]2(C)C1CC[C@]2(O)C(=O)COS(=O)(=O)CCC(=O)O. The van der Waals surface area contributed by atoms with E-state index in [1.165, 1.54) is 0 Å². The van der Waals surface area contributed by atoms with Crippen LogP contribution in [0.15, 0.2) is 23.8 Å². The molecule has 4 rings (SSSR count). The highest BCUT2D eigenvalue weighted by molar-refractivity contribution is 7.86. The summed E-state index contributed by atoms with van der Waals surface area (Å²) in [6.07, 6.45) is 5.90. The van der Waals surface area contributed by atoms with Crippen LogP contribution >= 0.6 is 0 Å². The number of hydrogen-bond donors (Lipinski definition) is 3. The monoisotopic (exact) mass is 496 g/mol. The second-order valence-corrected chi connectivity index (χ2v) is 12.5. The number of rotatable bonds is 7. The van der Waals surface area contributed by atoms with Crippen molar-refractivity contribution in [3.05, 3.63) is 23.8 Å². The first kappa shape index (κ1) is 25.2. The van der Waals surface area contributed by atoms with Gasteiger partial charge in [-0.1, -0.05) is 25.5 Å². The number of ketones is 2. The van der Waals surface area contributed by atoms with Gasteiger partial charge < -0.3 is 15.3 Å². The summed E-state index contributed by atoms with van der Waals surface area (Å²) >= 11 is 0. The maximum atomic E-state index is 13.1. The van der Waals surface area contributed by atoms with E-state index in [1.54, 1.807) is 19.1 Å². The predicted molar refractivity (Wildman–Crippen MR) is 120 cm³/mol. The second kappa shape index (κ2) is 8.36. The fourth-order valence-corrected chi connectivity index (χ4v) is 8.15. The van der Waals surface area contributed by atoms with Gasteiger partial charge in [0.05, 0.1) is 18.3 Å². The fourth-order valence-electron chi connectivity index (χ4n) is 7.32. The van der Waals surface area contributed by atoms with Crippen LogP contribution in [0.4, 0.5) is 0 Å². The first-order chi connectivity index (χ1) is 15.7. The smallest absolute Gasteiger partial charge is 0.304 e. The number of hydrogen-bond acceptors (Lipinski definition) is 8. The maximum Gasteiger partial charge on any atom is 0.304 e. The van der Waals surface area contributed by atoms with Crippen molar-refractivity contribution in [2.24, 2.45) is 28.6 Å². The zero-order valence-corrected chi connectivity index (χ0v) is 20.2. The van der Waals surface area contributed by atoms with Gasteiger partial charge in [0.15, 0.2) is 11.6 Å². The lowest BCUT2D eigenvalue weighted by atomic mass is 9.46. The third-order valence-corrected chi connectivity index (χ3v) is 10.2. The minimum Gasteiger partial charge on any atom is -0.481 e. The molecular weight excluding hydrogens is 464 g/mol. The standard InChI is InChI=1S/C24H32O9S/c1-22-8-5-15(25)11-14(22)3-4-16-17-6-9-24(30,23(17,2)12-18(26)21(16)22)19(27)13-33-34(31,32)10-7-20(28)29/h5,8,11,16-18,21,26,30H,3-4,6-7,9-10,12-13H2,1-2H3,(H,28,29)/t16?,17?,18?,21?,22-,23-,24-/m0/s1. The van der Waals surface area contributed by atoms with Crippen molar-refractivity contribution in [2.45, 2.75) is 64.1 Å². The molecule has 7 atom stereocenters. The Kier molecular flexibility index (Phi) is 6.20. The van der Waals surface area contributed by atoms with Crippen molar-refractivity contribution in [3.8, 4) is 0 Å². The number of aliphatic hydroxyl groups excluding tert-OH is 1. The highest BCUT2D eigenvalue weighted by atomic mass is 32.2. The highest BCUT2D eigenvalue weighted by Crippen LogP contribution is 2.67. The van der Waals surface area contributed by atoms with Crippen LogP contribution in [-0.2, 0) is 28.7 Å². The van der Waals surface area contributed by atoms with E-state index in [2.05, 4.69) is 0 Å². The molecule has 9 nitrogen and oxygen atoms in total. The maximum absolute atomic E-state index is 13.1. The van der Waals surface area contributed by atoms with Crippen molar-refractivity contribution in [1.29, 1.82) is 0 Å². The molecule has 4 aliphatic rings. The molecule has 0 heterocycles. The second-order valence-electron chi connectivity index (χ2n) is 10.7. The summed E-state index contributed by atoms with van der Waals surface area (Å²) in [5.41, 5.74) is -2.29. The summed E-state index contributed by atoms with van der Waals surface area (Å²) in [5, 5.41) is 31.6. The molecule has 10 heteroatoms. The van der Waals surface area contributed by atoms with Crippen LogP contribution < -0.4 is 0 Å². The van der Waals surface area contributed by atoms with E-state index in [1.807, 2.05) is 13.0 Å². The minimum atomic E-state index is -4.24. The normalized spacial score (nSPS) is 41.3. The molecule has 0 radical (unpaired) electrons. The number of carbonyl (C=O) groups is 3.